The third-order valence-electron chi connectivity index (χ3n) is 4.28. The third kappa shape index (κ3) is 5.14. The molecule has 148 valence electrons. The zero-order valence-electron chi connectivity index (χ0n) is 15.4. The number of carbonyl (C=O) groups is 2. The summed E-state index contributed by atoms with van der Waals surface area (Å²) in [5, 5.41) is 9.92. The number of ether oxygens (including phenoxy) is 1. The maximum Gasteiger partial charge on any atom is 0.273 e. The largest absolute Gasteiger partial charge is 0.486 e. The fraction of sp³-hybridized carbons (Fsp3) is 0.190. The molecule has 1 heterocycles. The first-order valence-electron chi connectivity index (χ1n) is 9.13. The first kappa shape index (κ1) is 19.0. The van der Waals surface area contributed by atoms with E-state index in [2.05, 4.69) is 15.8 Å². The minimum Gasteiger partial charge on any atom is -0.486 e. The van der Waals surface area contributed by atoms with Crippen LogP contribution in [0.5, 0.6) is 5.75 Å². The van der Waals surface area contributed by atoms with Gasteiger partial charge >= 0.3 is 0 Å². The maximum atomic E-state index is 12.2. The summed E-state index contributed by atoms with van der Waals surface area (Å²) >= 11 is 5.91. The van der Waals surface area contributed by atoms with E-state index in [1.54, 1.807) is 54.6 Å². The van der Waals surface area contributed by atoms with Crippen molar-refractivity contribution in [2.24, 2.45) is 0 Å². The number of carbonyl (C=O) groups excluding carboxylic acids is 2. The van der Waals surface area contributed by atoms with Gasteiger partial charge in [0, 0.05) is 28.4 Å². The van der Waals surface area contributed by atoms with Gasteiger partial charge < -0.3 is 19.9 Å². The summed E-state index contributed by atoms with van der Waals surface area (Å²) in [5.41, 5.74) is 1.35. The molecule has 4 rings (SSSR count). The fourth-order valence-corrected chi connectivity index (χ4v) is 2.79. The SMILES string of the molecule is O=C(Nc1ccc(OCc2cc(C(=O)NC3CC3)no2)cc1)c1cccc(Cl)c1. The number of amides is 2. The van der Waals surface area contributed by atoms with Gasteiger partial charge in [-0.1, -0.05) is 22.8 Å². The van der Waals surface area contributed by atoms with Gasteiger partial charge in [-0.05, 0) is 55.3 Å². The number of hydrogen-bond donors (Lipinski definition) is 2. The third-order valence-corrected chi connectivity index (χ3v) is 4.52. The lowest BCUT2D eigenvalue weighted by atomic mass is 10.2. The van der Waals surface area contributed by atoms with E-state index in [9.17, 15) is 9.59 Å². The average molecular weight is 412 g/mol. The van der Waals surface area contributed by atoms with Crippen LogP contribution in [0.15, 0.2) is 59.1 Å². The van der Waals surface area contributed by atoms with Crippen LogP contribution in [0.4, 0.5) is 5.69 Å². The van der Waals surface area contributed by atoms with Crippen LogP contribution >= 0.6 is 11.6 Å². The zero-order chi connectivity index (χ0) is 20.2. The molecule has 2 aromatic carbocycles. The number of nitrogens with zero attached hydrogens (tertiary/aromatic N) is 1. The minimum atomic E-state index is -0.250. The fourth-order valence-electron chi connectivity index (χ4n) is 2.60. The van der Waals surface area contributed by atoms with Crippen LogP contribution in [0.25, 0.3) is 0 Å². The predicted molar refractivity (Wildman–Crippen MR) is 107 cm³/mol. The predicted octanol–water partition coefficient (Wildman–Crippen LogP) is 4.05. The van der Waals surface area contributed by atoms with Crippen molar-refractivity contribution < 1.29 is 18.8 Å². The van der Waals surface area contributed by atoms with E-state index in [1.165, 1.54) is 0 Å². The smallest absolute Gasteiger partial charge is 0.273 e. The van der Waals surface area contributed by atoms with Crippen LogP contribution in [-0.4, -0.2) is 23.0 Å². The molecule has 1 saturated carbocycles. The molecular formula is C21H18ClN3O4. The van der Waals surface area contributed by atoms with E-state index in [0.29, 0.717) is 27.8 Å². The lowest BCUT2D eigenvalue weighted by Crippen LogP contribution is -2.25. The molecule has 29 heavy (non-hydrogen) atoms. The van der Waals surface area contributed by atoms with Crippen LogP contribution in [0, 0.1) is 0 Å². The Balaban J connectivity index is 1.30. The van der Waals surface area contributed by atoms with Crippen LogP contribution in [0.2, 0.25) is 5.02 Å². The van der Waals surface area contributed by atoms with Gasteiger partial charge in [0.25, 0.3) is 11.8 Å². The molecule has 8 heteroatoms. The van der Waals surface area contributed by atoms with E-state index in [1.807, 2.05) is 0 Å². The van der Waals surface area contributed by atoms with Gasteiger partial charge in [0.1, 0.15) is 12.4 Å². The molecule has 0 atom stereocenters. The molecule has 0 bridgehead atoms. The second-order valence-electron chi connectivity index (χ2n) is 6.70. The number of aromatic nitrogens is 1. The van der Waals surface area contributed by atoms with Crippen molar-refractivity contribution in [1.29, 1.82) is 0 Å². The Morgan fingerprint density at radius 2 is 1.90 bits per heavy atom. The molecule has 2 N–H and O–H groups in total. The summed E-state index contributed by atoms with van der Waals surface area (Å²) in [7, 11) is 0. The molecule has 7 nitrogen and oxygen atoms in total. The molecular weight excluding hydrogens is 394 g/mol. The number of anilines is 1. The normalized spacial score (nSPS) is 13.0. The van der Waals surface area contributed by atoms with Gasteiger partial charge in [0.05, 0.1) is 0 Å². The van der Waals surface area contributed by atoms with E-state index >= 15 is 0 Å². The summed E-state index contributed by atoms with van der Waals surface area (Å²) < 4.78 is 10.8. The molecule has 3 aromatic rings. The van der Waals surface area contributed by atoms with Gasteiger partial charge in [-0.3, -0.25) is 9.59 Å². The Bertz CT molecular complexity index is 1030. The lowest BCUT2D eigenvalue weighted by Gasteiger charge is -2.07. The second-order valence-corrected chi connectivity index (χ2v) is 7.14. The van der Waals surface area contributed by atoms with Crippen molar-refractivity contribution >= 4 is 29.1 Å². The summed E-state index contributed by atoms with van der Waals surface area (Å²) in [4.78, 5) is 24.2. The highest BCUT2D eigenvalue weighted by molar-refractivity contribution is 6.31. The standard InChI is InChI=1S/C21H18ClN3O4/c22-14-3-1-2-13(10-14)20(26)23-16-6-8-17(9-7-16)28-12-18-11-19(25-29-18)21(27)24-15-4-5-15/h1-3,6-11,15H,4-5,12H2,(H,23,26)(H,24,27). The van der Waals surface area contributed by atoms with Gasteiger partial charge in [0.15, 0.2) is 11.5 Å². The summed E-state index contributed by atoms with van der Waals surface area (Å²) in [5.74, 6) is 0.553. The summed E-state index contributed by atoms with van der Waals surface area (Å²) in [6.45, 7) is 0.137. The van der Waals surface area contributed by atoms with Crippen molar-refractivity contribution in [2.75, 3.05) is 5.32 Å². The average Bonchev–Trinajstić information content (AvgIpc) is 3.40. The zero-order valence-corrected chi connectivity index (χ0v) is 16.1. The highest BCUT2D eigenvalue weighted by Crippen LogP contribution is 2.20. The number of benzene rings is 2. The van der Waals surface area contributed by atoms with Crippen LogP contribution in [0.1, 0.15) is 39.4 Å². The van der Waals surface area contributed by atoms with Crippen LogP contribution < -0.4 is 15.4 Å². The van der Waals surface area contributed by atoms with Gasteiger partial charge in [-0.15, -0.1) is 0 Å². The van der Waals surface area contributed by atoms with Gasteiger partial charge in [-0.2, -0.15) is 0 Å². The van der Waals surface area contributed by atoms with E-state index in [-0.39, 0.29) is 30.2 Å². The first-order valence-corrected chi connectivity index (χ1v) is 9.51. The molecule has 1 fully saturated rings. The second kappa shape index (κ2) is 8.36. The summed E-state index contributed by atoms with van der Waals surface area (Å²) in [6, 6.07) is 15.5. The Hall–Kier alpha value is -3.32. The van der Waals surface area contributed by atoms with Crippen molar-refractivity contribution in [3.05, 3.63) is 76.6 Å². The summed E-state index contributed by atoms with van der Waals surface area (Å²) in [6.07, 6.45) is 2.02. The minimum absolute atomic E-state index is 0.137. The molecule has 0 aliphatic heterocycles. The Morgan fingerprint density at radius 1 is 1.10 bits per heavy atom. The highest BCUT2D eigenvalue weighted by atomic mass is 35.5. The van der Waals surface area contributed by atoms with Crippen molar-refractivity contribution in [3.8, 4) is 5.75 Å². The lowest BCUT2D eigenvalue weighted by molar-refractivity contribution is 0.0941. The highest BCUT2D eigenvalue weighted by Gasteiger charge is 2.25. The number of halogens is 1. The maximum absolute atomic E-state index is 12.2. The van der Waals surface area contributed by atoms with E-state index < -0.39 is 0 Å². The Morgan fingerprint density at radius 3 is 2.62 bits per heavy atom. The van der Waals surface area contributed by atoms with Crippen molar-refractivity contribution in [2.45, 2.75) is 25.5 Å². The van der Waals surface area contributed by atoms with Gasteiger partial charge in [-0.25, -0.2) is 0 Å². The number of nitrogens with one attached hydrogen (secondary N) is 2. The molecule has 0 saturated heterocycles. The molecule has 0 spiro atoms. The van der Waals surface area contributed by atoms with Crippen molar-refractivity contribution in [3.63, 3.8) is 0 Å². The molecule has 0 radical (unpaired) electrons. The quantitative estimate of drug-likeness (QED) is 0.611. The Kier molecular flexibility index (Phi) is 5.48. The molecule has 1 aliphatic carbocycles. The topological polar surface area (TPSA) is 93.5 Å². The molecule has 1 aromatic heterocycles. The number of rotatable bonds is 7. The van der Waals surface area contributed by atoms with Crippen molar-refractivity contribution in [1.82, 2.24) is 10.5 Å². The molecule has 0 unspecified atom stereocenters. The molecule has 2 amide bonds. The Labute approximate surface area is 172 Å². The monoisotopic (exact) mass is 411 g/mol. The van der Waals surface area contributed by atoms with E-state index in [4.69, 9.17) is 20.9 Å². The van der Waals surface area contributed by atoms with Crippen LogP contribution in [0.3, 0.4) is 0 Å². The van der Waals surface area contributed by atoms with E-state index in [0.717, 1.165) is 12.8 Å². The molecule has 1 aliphatic rings. The number of hydrogen-bond acceptors (Lipinski definition) is 5. The first-order chi connectivity index (χ1) is 14.1. The van der Waals surface area contributed by atoms with Crippen LogP contribution in [-0.2, 0) is 6.61 Å². The van der Waals surface area contributed by atoms with Gasteiger partial charge in [0.2, 0.25) is 0 Å².